The van der Waals surface area contributed by atoms with Crippen molar-refractivity contribution in [1.29, 1.82) is 0 Å². The Balaban J connectivity index is 1.91. The first-order valence-electron chi connectivity index (χ1n) is 7.68. The predicted molar refractivity (Wildman–Crippen MR) is 83.7 cm³/mol. The Morgan fingerprint density at radius 3 is 2.65 bits per heavy atom. The molecule has 1 atom stereocenters. The number of carbonyl (C=O) groups is 1. The Hall–Kier alpha value is -1.51. The van der Waals surface area contributed by atoms with Crippen LogP contribution in [0.15, 0.2) is 24.3 Å². The van der Waals surface area contributed by atoms with E-state index in [9.17, 15) is 4.79 Å². The molecule has 1 amide bonds. The summed E-state index contributed by atoms with van der Waals surface area (Å²) in [6.07, 6.45) is 2.63. The minimum absolute atomic E-state index is 0.0455. The summed E-state index contributed by atoms with van der Waals surface area (Å²) in [7, 11) is 0. The summed E-state index contributed by atoms with van der Waals surface area (Å²) in [6.45, 7) is 9.08. The van der Waals surface area contributed by atoms with E-state index in [1.165, 1.54) is 18.5 Å². The van der Waals surface area contributed by atoms with Crippen LogP contribution in [0.2, 0.25) is 0 Å². The quantitative estimate of drug-likeness (QED) is 0.914. The van der Waals surface area contributed by atoms with Crippen molar-refractivity contribution in [1.82, 2.24) is 5.32 Å². The van der Waals surface area contributed by atoms with Gasteiger partial charge in [-0.3, -0.25) is 4.79 Å². The first-order valence-corrected chi connectivity index (χ1v) is 7.68. The number of nitrogens with one attached hydrogen (secondary N) is 1. The van der Waals surface area contributed by atoms with Gasteiger partial charge in [0, 0.05) is 31.2 Å². The second-order valence-corrected chi connectivity index (χ2v) is 6.23. The SMILES string of the molecule is CC1CCCN(c2ccc(CNC(=O)C(C)C)cc2)C1. The number of nitrogens with zero attached hydrogens (tertiary/aromatic N) is 1. The highest BCUT2D eigenvalue weighted by atomic mass is 16.1. The molecule has 1 aromatic rings. The number of hydrogen-bond donors (Lipinski definition) is 1. The third kappa shape index (κ3) is 3.99. The molecule has 1 fully saturated rings. The van der Waals surface area contributed by atoms with Crippen molar-refractivity contribution in [3.05, 3.63) is 29.8 Å². The van der Waals surface area contributed by atoms with Gasteiger partial charge in [0.2, 0.25) is 5.91 Å². The molecule has 3 nitrogen and oxygen atoms in total. The zero-order valence-corrected chi connectivity index (χ0v) is 12.9. The summed E-state index contributed by atoms with van der Waals surface area (Å²) in [4.78, 5) is 14.0. The van der Waals surface area contributed by atoms with Gasteiger partial charge in [-0.25, -0.2) is 0 Å². The number of carbonyl (C=O) groups excluding carboxylic acids is 1. The van der Waals surface area contributed by atoms with Gasteiger partial charge in [0.25, 0.3) is 0 Å². The minimum atomic E-state index is 0.0455. The minimum Gasteiger partial charge on any atom is -0.371 e. The zero-order chi connectivity index (χ0) is 14.5. The molecule has 3 heteroatoms. The van der Waals surface area contributed by atoms with Crippen LogP contribution in [0.1, 0.15) is 39.2 Å². The highest BCUT2D eigenvalue weighted by molar-refractivity contribution is 5.77. The average Bonchev–Trinajstić information content (AvgIpc) is 2.45. The van der Waals surface area contributed by atoms with E-state index in [-0.39, 0.29) is 11.8 Å². The third-order valence-corrected chi connectivity index (χ3v) is 3.95. The Labute approximate surface area is 122 Å². The van der Waals surface area contributed by atoms with Crippen molar-refractivity contribution >= 4 is 11.6 Å². The van der Waals surface area contributed by atoms with Gasteiger partial charge in [-0.05, 0) is 36.5 Å². The molecule has 0 saturated carbocycles. The number of amides is 1. The molecule has 2 rings (SSSR count). The van der Waals surface area contributed by atoms with E-state index in [4.69, 9.17) is 0 Å². The molecule has 20 heavy (non-hydrogen) atoms. The van der Waals surface area contributed by atoms with E-state index in [1.54, 1.807) is 0 Å². The smallest absolute Gasteiger partial charge is 0.222 e. The molecular formula is C17H26N2O. The zero-order valence-electron chi connectivity index (χ0n) is 12.9. The standard InChI is InChI=1S/C17H26N2O/c1-13(2)17(20)18-11-15-6-8-16(9-7-15)19-10-4-5-14(3)12-19/h6-9,13-14H,4-5,10-12H2,1-3H3,(H,18,20). The molecule has 1 aliphatic heterocycles. The van der Waals surface area contributed by atoms with Crippen LogP contribution in [0.3, 0.4) is 0 Å². The molecule has 0 bridgehead atoms. The van der Waals surface area contributed by atoms with E-state index in [0.29, 0.717) is 6.54 Å². The van der Waals surface area contributed by atoms with E-state index in [2.05, 4.69) is 41.4 Å². The molecule has 0 aliphatic carbocycles. The van der Waals surface area contributed by atoms with Crippen molar-refractivity contribution in [2.45, 2.75) is 40.2 Å². The molecule has 1 heterocycles. The van der Waals surface area contributed by atoms with Gasteiger partial charge in [0.05, 0.1) is 0 Å². The van der Waals surface area contributed by atoms with Gasteiger partial charge >= 0.3 is 0 Å². The molecule has 1 aromatic carbocycles. The van der Waals surface area contributed by atoms with Crippen LogP contribution in [0.4, 0.5) is 5.69 Å². The summed E-state index contributed by atoms with van der Waals surface area (Å²) in [6, 6.07) is 8.59. The lowest BCUT2D eigenvalue weighted by molar-refractivity contribution is -0.124. The summed E-state index contributed by atoms with van der Waals surface area (Å²) in [5.74, 6) is 0.941. The summed E-state index contributed by atoms with van der Waals surface area (Å²) in [5.41, 5.74) is 2.46. The highest BCUT2D eigenvalue weighted by Gasteiger charge is 2.16. The van der Waals surface area contributed by atoms with Crippen LogP contribution in [-0.4, -0.2) is 19.0 Å². The third-order valence-electron chi connectivity index (χ3n) is 3.95. The molecular weight excluding hydrogens is 248 g/mol. The Morgan fingerprint density at radius 2 is 2.05 bits per heavy atom. The number of anilines is 1. The maximum absolute atomic E-state index is 11.5. The van der Waals surface area contributed by atoms with Crippen LogP contribution < -0.4 is 10.2 Å². The van der Waals surface area contributed by atoms with Crippen LogP contribution >= 0.6 is 0 Å². The number of benzene rings is 1. The van der Waals surface area contributed by atoms with Crippen LogP contribution in [0.5, 0.6) is 0 Å². The Morgan fingerprint density at radius 1 is 1.35 bits per heavy atom. The lowest BCUT2D eigenvalue weighted by atomic mass is 9.99. The van der Waals surface area contributed by atoms with E-state index in [0.717, 1.165) is 24.6 Å². The maximum atomic E-state index is 11.5. The van der Waals surface area contributed by atoms with Gasteiger partial charge in [0.1, 0.15) is 0 Å². The van der Waals surface area contributed by atoms with Crippen molar-refractivity contribution in [2.75, 3.05) is 18.0 Å². The maximum Gasteiger partial charge on any atom is 0.222 e. The van der Waals surface area contributed by atoms with Gasteiger partial charge in [-0.15, -0.1) is 0 Å². The Kier molecular flexibility index (Phi) is 5.05. The lowest BCUT2D eigenvalue weighted by Crippen LogP contribution is -2.34. The molecule has 1 N–H and O–H groups in total. The molecule has 0 spiro atoms. The van der Waals surface area contributed by atoms with Gasteiger partial charge in [-0.2, -0.15) is 0 Å². The molecule has 0 aromatic heterocycles. The monoisotopic (exact) mass is 274 g/mol. The van der Waals surface area contributed by atoms with E-state index >= 15 is 0 Å². The van der Waals surface area contributed by atoms with Crippen molar-refractivity contribution in [2.24, 2.45) is 11.8 Å². The van der Waals surface area contributed by atoms with Crippen LogP contribution in [0.25, 0.3) is 0 Å². The molecule has 0 radical (unpaired) electrons. The van der Waals surface area contributed by atoms with Crippen molar-refractivity contribution in [3.8, 4) is 0 Å². The fraction of sp³-hybridized carbons (Fsp3) is 0.588. The second-order valence-electron chi connectivity index (χ2n) is 6.23. The lowest BCUT2D eigenvalue weighted by Gasteiger charge is -2.32. The highest BCUT2D eigenvalue weighted by Crippen LogP contribution is 2.23. The number of piperidine rings is 1. The van der Waals surface area contributed by atoms with E-state index in [1.807, 2.05) is 13.8 Å². The first-order chi connectivity index (χ1) is 9.56. The van der Waals surface area contributed by atoms with Gasteiger partial charge < -0.3 is 10.2 Å². The van der Waals surface area contributed by atoms with Crippen LogP contribution in [-0.2, 0) is 11.3 Å². The van der Waals surface area contributed by atoms with Crippen molar-refractivity contribution < 1.29 is 4.79 Å². The summed E-state index contributed by atoms with van der Waals surface area (Å²) < 4.78 is 0. The topological polar surface area (TPSA) is 32.3 Å². The van der Waals surface area contributed by atoms with Gasteiger partial charge in [-0.1, -0.05) is 32.9 Å². The fourth-order valence-electron chi connectivity index (χ4n) is 2.64. The van der Waals surface area contributed by atoms with Crippen molar-refractivity contribution in [3.63, 3.8) is 0 Å². The van der Waals surface area contributed by atoms with Gasteiger partial charge in [0.15, 0.2) is 0 Å². The second kappa shape index (κ2) is 6.78. The largest absolute Gasteiger partial charge is 0.371 e. The molecule has 1 unspecified atom stereocenters. The normalized spacial score (nSPS) is 19.2. The number of rotatable bonds is 4. The summed E-state index contributed by atoms with van der Waals surface area (Å²) in [5, 5.41) is 2.95. The number of hydrogen-bond acceptors (Lipinski definition) is 2. The van der Waals surface area contributed by atoms with E-state index < -0.39 is 0 Å². The predicted octanol–water partition coefficient (Wildman–Crippen LogP) is 3.20. The van der Waals surface area contributed by atoms with Crippen LogP contribution in [0, 0.1) is 11.8 Å². The fourth-order valence-corrected chi connectivity index (χ4v) is 2.64. The Bertz CT molecular complexity index is 439. The summed E-state index contributed by atoms with van der Waals surface area (Å²) >= 11 is 0. The molecule has 1 aliphatic rings. The average molecular weight is 274 g/mol. The molecule has 110 valence electrons. The first kappa shape index (κ1) is 14.9. The molecule has 1 saturated heterocycles.